The summed E-state index contributed by atoms with van der Waals surface area (Å²) in [6.07, 6.45) is 0. The van der Waals surface area contributed by atoms with Crippen LogP contribution in [0.1, 0.15) is 57.4 Å². The molecular weight excluding hydrogens is 326 g/mol. The van der Waals surface area contributed by atoms with Crippen molar-refractivity contribution in [2.45, 2.75) is 57.1 Å². The molecule has 0 radical (unpaired) electrons. The van der Waals surface area contributed by atoms with Crippen LogP contribution >= 0.6 is 11.8 Å². The molecule has 2 aromatic carbocycles. The Morgan fingerprint density at radius 3 is 2.16 bits per heavy atom. The lowest BCUT2D eigenvalue weighted by Gasteiger charge is -2.21. The molecule has 0 aromatic heterocycles. The number of carbonyl (C=O) groups is 1. The first-order chi connectivity index (χ1) is 11.8. The van der Waals surface area contributed by atoms with Crippen LogP contribution in [0, 0.1) is 0 Å². The van der Waals surface area contributed by atoms with Gasteiger partial charge in [0.25, 0.3) is 0 Å². The Balaban J connectivity index is 1.88. The average molecular weight is 356 g/mol. The zero-order valence-corrected chi connectivity index (χ0v) is 16.7. The van der Waals surface area contributed by atoms with Gasteiger partial charge in [-0.15, -0.1) is 11.8 Å². The number of hydrogen-bond donors (Lipinski definition) is 1. The molecule has 1 amide bonds. The second kappa shape index (κ2) is 8.57. The summed E-state index contributed by atoms with van der Waals surface area (Å²) < 4.78 is 0. The van der Waals surface area contributed by atoms with Crippen molar-refractivity contribution >= 4 is 17.7 Å². The zero-order chi connectivity index (χ0) is 18.4. The second-order valence-corrected chi connectivity index (χ2v) is 8.87. The number of hydrogen-bond acceptors (Lipinski definition) is 2. The van der Waals surface area contributed by atoms with Crippen molar-refractivity contribution < 1.29 is 4.79 Å². The zero-order valence-electron chi connectivity index (χ0n) is 15.9. The Labute approximate surface area is 156 Å². The van der Waals surface area contributed by atoms with Crippen molar-refractivity contribution in [3.8, 4) is 0 Å². The van der Waals surface area contributed by atoms with Gasteiger partial charge in [0.15, 0.2) is 0 Å². The van der Waals surface area contributed by atoms with Crippen LogP contribution in [0.25, 0.3) is 0 Å². The van der Waals surface area contributed by atoms with E-state index in [1.807, 2.05) is 32.0 Å². The second-order valence-electron chi connectivity index (χ2n) is 7.54. The lowest BCUT2D eigenvalue weighted by Crippen LogP contribution is -2.33. The third-order valence-electron chi connectivity index (χ3n) is 4.35. The van der Waals surface area contributed by atoms with Gasteiger partial charge in [0, 0.05) is 5.75 Å². The van der Waals surface area contributed by atoms with E-state index in [0.717, 1.165) is 11.3 Å². The van der Waals surface area contributed by atoms with Gasteiger partial charge in [-0.3, -0.25) is 4.79 Å². The highest BCUT2D eigenvalue weighted by Crippen LogP contribution is 2.24. The van der Waals surface area contributed by atoms with Gasteiger partial charge >= 0.3 is 0 Å². The number of thioether (sulfide) groups is 1. The van der Waals surface area contributed by atoms with Gasteiger partial charge in [0.1, 0.15) is 0 Å². The predicted molar refractivity (Wildman–Crippen MR) is 109 cm³/mol. The van der Waals surface area contributed by atoms with Gasteiger partial charge in [-0.2, -0.15) is 0 Å². The van der Waals surface area contributed by atoms with Crippen LogP contribution < -0.4 is 5.32 Å². The van der Waals surface area contributed by atoms with Crippen molar-refractivity contribution in [3.05, 3.63) is 71.3 Å². The van der Waals surface area contributed by atoms with Crippen LogP contribution in [-0.4, -0.2) is 11.2 Å². The van der Waals surface area contributed by atoms with E-state index in [1.165, 1.54) is 11.1 Å². The van der Waals surface area contributed by atoms with Crippen molar-refractivity contribution in [2.24, 2.45) is 0 Å². The highest BCUT2D eigenvalue weighted by atomic mass is 32.2. The molecule has 2 aromatic rings. The lowest BCUT2D eigenvalue weighted by atomic mass is 9.86. The molecule has 134 valence electrons. The third kappa shape index (κ3) is 5.93. The molecule has 0 aliphatic heterocycles. The summed E-state index contributed by atoms with van der Waals surface area (Å²) in [5.41, 5.74) is 3.84. The van der Waals surface area contributed by atoms with E-state index >= 15 is 0 Å². The smallest absolute Gasteiger partial charge is 0.233 e. The Morgan fingerprint density at radius 2 is 1.60 bits per heavy atom. The number of nitrogens with one attached hydrogen (secondary N) is 1. The van der Waals surface area contributed by atoms with Crippen LogP contribution in [0.2, 0.25) is 0 Å². The van der Waals surface area contributed by atoms with E-state index in [-0.39, 0.29) is 22.6 Å². The highest BCUT2D eigenvalue weighted by molar-refractivity contribution is 7.99. The maximum absolute atomic E-state index is 12.4. The monoisotopic (exact) mass is 355 g/mol. The molecule has 2 rings (SSSR count). The Hall–Kier alpha value is -1.74. The summed E-state index contributed by atoms with van der Waals surface area (Å²) in [5, 5.41) is 3.06. The van der Waals surface area contributed by atoms with Gasteiger partial charge < -0.3 is 5.32 Å². The maximum Gasteiger partial charge on any atom is 0.233 e. The van der Waals surface area contributed by atoms with Gasteiger partial charge in [0.05, 0.1) is 11.3 Å². The first-order valence-corrected chi connectivity index (χ1v) is 9.88. The predicted octanol–water partition coefficient (Wildman–Crippen LogP) is 5.48. The fourth-order valence-corrected chi connectivity index (χ4v) is 3.41. The number of rotatable bonds is 6. The minimum absolute atomic E-state index is 0.0151. The minimum atomic E-state index is -0.0727. The molecule has 2 nitrogen and oxygen atoms in total. The van der Waals surface area contributed by atoms with E-state index in [1.54, 1.807) is 11.8 Å². The molecule has 0 saturated carbocycles. The van der Waals surface area contributed by atoms with Crippen LogP contribution in [0.4, 0.5) is 0 Å². The lowest BCUT2D eigenvalue weighted by molar-refractivity contribution is -0.120. The van der Waals surface area contributed by atoms with Crippen molar-refractivity contribution in [1.29, 1.82) is 0 Å². The van der Waals surface area contributed by atoms with Gasteiger partial charge in [-0.25, -0.2) is 0 Å². The summed E-state index contributed by atoms with van der Waals surface area (Å²) >= 11 is 1.67. The van der Waals surface area contributed by atoms with Gasteiger partial charge in [-0.05, 0) is 36.0 Å². The summed E-state index contributed by atoms with van der Waals surface area (Å²) in [6.45, 7) is 10.6. The van der Waals surface area contributed by atoms with Crippen molar-refractivity contribution in [1.82, 2.24) is 5.32 Å². The molecule has 2 unspecified atom stereocenters. The summed E-state index contributed by atoms with van der Waals surface area (Å²) in [7, 11) is 0. The molecule has 1 N–H and O–H groups in total. The highest BCUT2D eigenvalue weighted by Gasteiger charge is 2.18. The van der Waals surface area contributed by atoms with Crippen LogP contribution in [0.5, 0.6) is 0 Å². The Bertz CT molecular complexity index is 673. The Morgan fingerprint density at radius 1 is 1.00 bits per heavy atom. The molecule has 0 fully saturated rings. The Kier molecular flexibility index (Phi) is 6.71. The molecule has 0 spiro atoms. The molecule has 0 heterocycles. The van der Waals surface area contributed by atoms with E-state index in [0.29, 0.717) is 0 Å². The summed E-state index contributed by atoms with van der Waals surface area (Å²) in [4.78, 5) is 12.4. The van der Waals surface area contributed by atoms with E-state index in [4.69, 9.17) is 0 Å². The van der Waals surface area contributed by atoms with Gasteiger partial charge in [-0.1, -0.05) is 75.4 Å². The van der Waals surface area contributed by atoms with Gasteiger partial charge in [0.2, 0.25) is 5.91 Å². The molecule has 0 bridgehead atoms. The van der Waals surface area contributed by atoms with Crippen molar-refractivity contribution in [3.63, 3.8) is 0 Å². The van der Waals surface area contributed by atoms with E-state index in [2.05, 4.69) is 62.5 Å². The van der Waals surface area contributed by atoms with Crippen LogP contribution in [0.3, 0.4) is 0 Å². The number of amides is 1. The van der Waals surface area contributed by atoms with Crippen LogP contribution in [0.15, 0.2) is 54.6 Å². The summed E-state index contributed by atoms with van der Waals surface area (Å²) in [5.74, 6) is 0.942. The summed E-state index contributed by atoms with van der Waals surface area (Å²) in [6, 6.07) is 18.8. The third-order valence-corrected chi connectivity index (χ3v) is 5.56. The fraction of sp³-hybridized carbons (Fsp3) is 0.409. The minimum Gasteiger partial charge on any atom is -0.349 e. The average Bonchev–Trinajstić information content (AvgIpc) is 2.59. The van der Waals surface area contributed by atoms with Crippen molar-refractivity contribution in [2.75, 3.05) is 0 Å². The maximum atomic E-state index is 12.4. The molecule has 25 heavy (non-hydrogen) atoms. The number of carbonyl (C=O) groups excluding carboxylic acids is 1. The number of benzene rings is 2. The quantitative estimate of drug-likeness (QED) is 0.743. The normalized spacial score (nSPS) is 14.0. The standard InChI is InChI=1S/C22H29NOS/c1-16(19-11-13-20(14-12-19)22(3,4)5)23-21(24)17(2)25-15-18-9-7-6-8-10-18/h6-14,16-17H,15H2,1-5H3,(H,23,24). The van der Waals surface area contributed by atoms with Crippen LogP contribution in [-0.2, 0) is 16.0 Å². The molecular formula is C22H29NOS. The SMILES string of the molecule is CC(SCc1ccccc1)C(=O)NC(C)c1ccc(C(C)(C)C)cc1. The molecule has 0 aliphatic carbocycles. The molecule has 2 atom stereocenters. The fourth-order valence-electron chi connectivity index (χ4n) is 2.56. The topological polar surface area (TPSA) is 29.1 Å². The first kappa shape index (κ1) is 19.6. The van der Waals surface area contributed by atoms with E-state index < -0.39 is 0 Å². The van der Waals surface area contributed by atoms with E-state index in [9.17, 15) is 4.79 Å². The molecule has 0 saturated heterocycles. The molecule has 3 heteroatoms. The largest absolute Gasteiger partial charge is 0.349 e. The molecule has 0 aliphatic rings. The first-order valence-electron chi connectivity index (χ1n) is 8.83.